The lowest BCUT2D eigenvalue weighted by atomic mass is 10.1. The number of benzene rings is 2. The highest BCUT2D eigenvalue weighted by Gasteiger charge is 2.31. The SMILES string of the molecule is O=C(CCCN1C(=O)/C(=C/c2ccccc2)SC1=S)N[C@@H](CO)Cc1ccccc1. The molecule has 0 aliphatic carbocycles. The van der Waals surface area contributed by atoms with Crippen LogP contribution in [0.4, 0.5) is 0 Å². The second kappa shape index (κ2) is 11.1. The zero-order chi connectivity index (χ0) is 21.3. The van der Waals surface area contributed by atoms with Gasteiger partial charge in [0.15, 0.2) is 0 Å². The fourth-order valence-corrected chi connectivity index (χ4v) is 4.46. The number of aliphatic hydroxyl groups excluding tert-OH is 1. The van der Waals surface area contributed by atoms with Crippen LogP contribution >= 0.6 is 24.0 Å². The van der Waals surface area contributed by atoms with E-state index >= 15 is 0 Å². The molecular weight excluding hydrogens is 416 g/mol. The van der Waals surface area contributed by atoms with Crippen LogP contribution in [0, 0.1) is 0 Å². The number of thioether (sulfide) groups is 1. The van der Waals surface area contributed by atoms with E-state index < -0.39 is 0 Å². The quantitative estimate of drug-likeness (QED) is 0.462. The average molecular weight is 441 g/mol. The number of nitrogens with one attached hydrogen (secondary N) is 1. The van der Waals surface area contributed by atoms with Crippen molar-refractivity contribution in [2.45, 2.75) is 25.3 Å². The van der Waals surface area contributed by atoms with Crippen LogP contribution in [0.25, 0.3) is 6.08 Å². The van der Waals surface area contributed by atoms with E-state index in [4.69, 9.17) is 12.2 Å². The lowest BCUT2D eigenvalue weighted by molar-refractivity contribution is -0.124. The van der Waals surface area contributed by atoms with Crippen LogP contribution in [0.2, 0.25) is 0 Å². The van der Waals surface area contributed by atoms with Gasteiger partial charge in [0.1, 0.15) is 4.32 Å². The van der Waals surface area contributed by atoms with E-state index in [0.717, 1.165) is 11.1 Å². The molecule has 2 amide bonds. The summed E-state index contributed by atoms with van der Waals surface area (Å²) in [6.45, 7) is 0.270. The Morgan fingerprint density at radius 1 is 1.13 bits per heavy atom. The van der Waals surface area contributed by atoms with Crippen LogP contribution in [0.3, 0.4) is 0 Å². The summed E-state index contributed by atoms with van der Waals surface area (Å²) in [4.78, 5) is 27.1. The maximum Gasteiger partial charge on any atom is 0.266 e. The summed E-state index contributed by atoms with van der Waals surface area (Å²) in [7, 11) is 0. The van der Waals surface area contributed by atoms with Crippen molar-refractivity contribution in [3.63, 3.8) is 0 Å². The van der Waals surface area contributed by atoms with E-state index in [-0.39, 0.29) is 30.9 Å². The largest absolute Gasteiger partial charge is 0.394 e. The van der Waals surface area contributed by atoms with Crippen LogP contribution in [0.1, 0.15) is 24.0 Å². The van der Waals surface area contributed by atoms with Gasteiger partial charge in [-0.05, 0) is 30.0 Å². The first-order valence-corrected chi connectivity index (χ1v) is 11.0. The Balaban J connectivity index is 1.47. The Kier molecular flexibility index (Phi) is 8.19. The van der Waals surface area contributed by atoms with Crippen LogP contribution in [-0.2, 0) is 16.0 Å². The zero-order valence-electron chi connectivity index (χ0n) is 16.5. The highest BCUT2D eigenvalue weighted by molar-refractivity contribution is 8.26. The van der Waals surface area contributed by atoms with Crippen molar-refractivity contribution < 1.29 is 14.7 Å². The molecule has 0 spiro atoms. The Morgan fingerprint density at radius 2 is 1.80 bits per heavy atom. The van der Waals surface area contributed by atoms with Gasteiger partial charge in [-0.15, -0.1) is 0 Å². The summed E-state index contributed by atoms with van der Waals surface area (Å²) < 4.78 is 0.514. The van der Waals surface area contributed by atoms with Gasteiger partial charge in [-0.1, -0.05) is 84.6 Å². The van der Waals surface area contributed by atoms with E-state index in [0.29, 0.717) is 28.6 Å². The first-order chi connectivity index (χ1) is 14.6. The molecule has 30 heavy (non-hydrogen) atoms. The molecule has 1 atom stereocenters. The normalized spacial score (nSPS) is 16.2. The number of carbonyl (C=O) groups is 2. The summed E-state index contributed by atoms with van der Waals surface area (Å²) in [5.41, 5.74) is 2.01. The second-order valence-corrected chi connectivity index (χ2v) is 8.66. The van der Waals surface area contributed by atoms with Crippen LogP contribution in [0.5, 0.6) is 0 Å². The van der Waals surface area contributed by atoms with E-state index in [1.165, 1.54) is 11.8 Å². The highest BCUT2D eigenvalue weighted by atomic mass is 32.2. The highest BCUT2D eigenvalue weighted by Crippen LogP contribution is 2.32. The van der Waals surface area contributed by atoms with Crippen molar-refractivity contribution in [3.8, 4) is 0 Å². The zero-order valence-corrected chi connectivity index (χ0v) is 18.1. The van der Waals surface area contributed by atoms with Gasteiger partial charge in [-0.25, -0.2) is 0 Å². The minimum absolute atomic E-state index is 0.119. The Bertz CT molecular complexity index is 917. The molecule has 2 N–H and O–H groups in total. The van der Waals surface area contributed by atoms with Gasteiger partial charge in [0.2, 0.25) is 5.91 Å². The first-order valence-electron chi connectivity index (χ1n) is 9.81. The third kappa shape index (κ3) is 6.26. The van der Waals surface area contributed by atoms with Gasteiger partial charge in [0, 0.05) is 13.0 Å². The molecule has 5 nitrogen and oxygen atoms in total. The van der Waals surface area contributed by atoms with Crippen molar-refractivity contribution in [2.24, 2.45) is 0 Å². The predicted molar refractivity (Wildman–Crippen MR) is 125 cm³/mol. The minimum Gasteiger partial charge on any atom is -0.394 e. The van der Waals surface area contributed by atoms with Gasteiger partial charge in [0.25, 0.3) is 5.91 Å². The molecule has 1 saturated heterocycles. The lowest BCUT2D eigenvalue weighted by Crippen LogP contribution is -2.39. The smallest absolute Gasteiger partial charge is 0.266 e. The number of hydrogen-bond acceptors (Lipinski definition) is 5. The number of rotatable bonds is 9. The third-order valence-corrected chi connectivity index (χ3v) is 6.04. The van der Waals surface area contributed by atoms with E-state index in [1.807, 2.05) is 66.7 Å². The molecule has 7 heteroatoms. The Labute approximate surface area is 186 Å². The van der Waals surface area contributed by atoms with Crippen LogP contribution in [0.15, 0.2) is 65.6 Å². The average Bonchev–Trinajstić information content (AvgIpc) is 3.02. The van der Waals surface area contributed by atoms with E-state index in [1.54, 1.807) is 4.90 Å². The first kappa shape index (κ1) is 22.2. The molecule has 0 saturated carbocycles. The summed E-state index contributed by atoms with van der Waals surface area (Å²) in [6.07, 6.45) is 3.17. The molecule has 1 fully saturated rings. The number of amides is 2. The van der Waals surface area contributed by atoms with Gasteiger partial charge >= 0.3 is 0 Å². The van der Waals surface area contributed by atoms with Crippen LogP contribution in [-0.4, -0.2) is 45.3 Å². The van der Waals surface area contributed by atoms with Gasteiger partial charge < -0.3 is 10.4 Å². The number of carbonyl (C=O) groups excluding carboxylic acids is 2. The fourth-order valence-electron chi connectivity index (χ4n) is 3.15. The molecule has 0 aromatic heterocycles. The molecule has 2 aromatic rings. The number of thiocarbonyl (C=S) groups is 1. The van der Waals surface area contributed by atoms with Gasteiger partial charge in [-0.3, -0.25) is 14.5 Å². The molecule has 156 valence electrons. The van der Waals surface area contributed by atoms with Gasteiger partial charge in [-0.2, -0.15) is 0 Å². The van der Waals surface area contributed by atoms with E-state index in [9.17, 15) is 14.7 Å². The molecule has 0 unspecified atom stereocenters. The number of hydrogen-bond donors (Lipinski definition) is 2. The Hall–Kier alpha value is -2.48. The van der Waals surface area contributed by atoms with Gasteiger partial charge in [0.05, 0.1) is 17.6 Å². The lowest BCUT2D eigenvalue weighted by Gasteiger charge is -2.17. The summed E-state index contributed by atoms with van der Waals surface area (Å²) in [5.74, 6) is -0.262. The molecule has 3 rings (SSSR count). The Morgan fingerprint density at radius 3 is 2.47 bits per heavy atom. The number of aliphatic hydroxyl groups is 1. The van der Waals surface area contributed by atoms with Crippen molar-refractivity contribution >= 4 is 46.2 Å². The second-order valence-electron chi connectivity index (χ2n) is 6.98. The molecule has 0 bridgehead atoms. The summed E-state index contributed by atoms with van der Waals surface area (Å²) in [6, 6.07) is 19.0. The summed E-state index contributed by atoms with van der Waals surface area (Å²) in [5, 5.41) is 12.4. The fraction of sp³-hybridized carbons (Fsp3) is 0.261. The molecular formula is C23H24N2O3S2. The van der Waals surface area contributed by atoms with Crippen molar-refractivity contribution in [3.05, 3.63) is 76.7 Å². The molecule has 1 aliphatic heterocycles. The third-order valence-electron chi connectivity index (χ3n) is 4.67. The molecule has 1 heterocycles. The van der Waals surface area contributed by atoms with E-state index in [2.05, 4.69) is 5.32 Å². The standard InChI is InChI=1S/C23H24N2O3S2/c26-16-19(14-17-8-3-1-4-9-17)24-21(27)12-7-13-25-22(28)20(30-23(25)29)15-18-10-5-2-6-11-18/h1-6,8-11,15,19,26H,7,12-14,16H2,(H,24,27)/b20-15-/t19-/m1/s1. The topological polar surface area (TPSA) is 69.6 Å². The molecule has 1 aliphatic rings. The maximum absolute atomic E-state index is 12.6. The molecule has 2 aromatic carbocycles. The number of nitrogens with zero attached hydrogens (tertiary/aromatic N) is 1. The van der Waals surface area contributed by atoms with Crippen molar-refractivity contribution in [1.29, 1.82) is 0 Å². The summed E-state index contributed by atoms with van der Waals surface area (Å²) >= 11 is 6.63. The van der Waals surface area contributed by atoms with Crippen molar-refractivity contribution in [1.82, 2.24) is 10.2 Å². The molecule has 0 radical (unpaired) electrons. The van der Waals surface area contributed by atoms with Crippen molar-refractivity contribution in [2.75, 3.05) is 13.2 Å². The van der Waals surface area contributed by atoms with Crippen LogP contribution < -0.4 is 5.32 Å². The minimum atomic E-state index is -0.328. The predicted octanol–water partition coefficient (Wildman–Crippen LogP) is 3.39. The maximum atomic E-state index is 12.6. The monoisotopic (exact) mass is 440 g/mol.